The second-order valence-electron chi connectivity index (χ2n) is 4.22. The Kier molecular flexibility index (Phi) is 4.32. The van der Waals surface area contributed by atoms with Crippen LogP contribution >= 0.6 is 0 Å². The summed E-state index contributed by atoms with van der Waals surface area (Å²) in [6.45, 7) is 0. The number of rotatable bonds is 4. The van der Waals surface area contributed by atoms with E-state index in [0.717, 1.165) is 5.56 Å². The van der Waals surface area contributed by atoms with Crippen LogP contribution in [0, 0.1) is 21.4 Å². The number of non-ortho nitro benzene ring substituents is 1. The summed E-state index contributed by atoms with van der Waals surface area (Å²) >= 11 is 0. The summed E-state index contributed by atoms with van der Waals surface area (Å²) in [4.78, 5) is 10.4. The topological polar surface area (TPSA) is 76.2 Å². The van der Waals surface area contributed by atoms with Gasteiger partial charge in [-0.05, 0) is 28.8 Å². The third-order valence-corrected chi connectivity index (χ3v) is 2.98. The molecule has 0 bridgehead atoms. The van der Waals surface area contributed by atoms with E-state index in [1.165, 1.54) is 18.2 Å². The number of benzene rings is 2. The van der Waals surface area contributed by atoms with Crippen molar-refractivity contribution >= 4 is 11.3 Å². The van der Waals surface area contributed by atoms with Gasteiger partial charge in [-0.1, -0.05) is 24.3 Å². The Bertz CT molecular complexity index is 728. The number of nitriles is 1. The molecule has 104 valence electrons. The van der Waals surface area contributed by atoms with Crippen molar-refractivity contribution in [3.8, 4) is 11.8 Å². The number of hydrogen-bond acceptors (Lipinski definition) is 4. The molecule has 0 saturated heterocycles. The zero-order valence-electron chi connectivity index (χ0n) is 11.3. The van der Waals surface area contributed by atoms with E-state index in [4.69, 9.17) is 10.00 Å². The molecule has 0 amide bonds. The number of allylic oxidation sites excluding steroid dienone is 1. The van der Waals surface area contributed by atoms with Crippen LogP contribution in [0.5, 0.6) is 5.75 Å². The lowest BCUT2D eigenvalue weighted by Crippen LogP contribution is -1.92. The van der Waals surface area contributed by atoms with Gasteiger partial charge >= 0.3 is 0 Å². The molecule has 0 aliphatic heterocycles. The highest BCUT2D eigenvalue weighted by Gasteiger charge is 2.10. The van der Waals surface area contributed by atoms with Gasteiger partial charge in [0.05, 0.1) is 18.1 Å². The molecule has 5 heteroatoms. The summed E-state index contributed by atoms with van der Waals surface area (Å²) in [6.07, 6.45) is 1.38. The standard InChI is InChI=1S/C16H12N2O3/c1-21-15-7-5-12(6-8-15)16(9-10-17)13-3-2-4-14(11-13)18(19)20/h2-9,11H,1H3/b16-9+. The van der Waals surface area contributed by atoms with Gasteiger partial charge < -0.3 is 4.74 Å². The number of hydrogen-bond donors (Lipinski definition) is 0. The molecule has 0 aliphatic carbocycles. The molecule has 0 spiro atoms. The van der Waals surface area contributed by atoms with Crippen LogP contribution in [0.25, 0.3) is 5.57 Å². The molecule has 0 fully saturated rings. The molecule has 0 unspecified atom stereocenters. The van der Waals surface area contributed by atoms with Crippen LogP contribution < -0.4 is 4.74 Å². The minimum Gasteiger partial charge on any atom is -0.497 e. The van der Waals surface area contributed by atoms with Crippen LogP contribution in [-0.2, 0) is 0 Å². The molecule has 0 aromatic heterocycles. The molecule has 0 aliphatic rings. The lowest BCUT2D eigenvalue weighted by atomic mass is 9.97. The van der Waals surface area contributed by atoms with Crippen LogP contribution in [0.2, 0.25) is 0 Å². The summed E-state index contributed by atoms with van der Waals surface area (Å²) in [7, 11) is 1.57. The molecule has 2 aromatic carbocycles. The second kappa shape index (κ2) is 6.35. The second-order valence-corrected chi connectivity index (χ2v) is 4.22. The van der Waals surface area contributed by atoms with E-state index in [2.05, 4.69) is 0 Å². The van der Waals surface area contributed by atoms with Gasteiger partial charge in [0.2, 0.25) is 0 Å². The third-order valence-electron chi connectivity index (χ3n) is 2.98. The Hall–Kier alpha value is -3.13. The molecule has 0 heterocycles. The predicted octanol–water partition coefficient (Wildman–Crippen LogP) is 3.56. The van der Waals surface area contributed by atoms with Crippen molar-refractivity contribution in [2.24, 2.45) is 0 Å². The van der Waals surface area contributed by atoms with Gasteiger partial charge in [0, 0.05) is 18.2 Å². The van der Waals surface area contributed by atoms with Crippen molar-refractivity contribution in [1.82, 2.24) is 0 Å². The molecule has 0 N–H and O–H groups in total. The van der Waals surface area contributed by atoms with Crippen molar-refractivity contribution < 1.29 is 9.66 Å². The lowest BCUT2D eigenvalue weighted by Gasteiger charge is -2.08. The first-order valence-corrected chi connectivity index (χ1v) is 6.14. The maximum atomic E-state index is 10.9. The van der Waals surface area contributed by atoms with Crippen LogP contribution in [0.1, 0.15) is 11.1 Å². The Morgan fingerprint density at radius 1 is 1.24 bits per heavy atom. The van der Waals surface area contributed by atoms with Crippen LogP contribution in [0.15, 0.2) is 54.6 Å². The molecule has 0 atom stereocenters. The summed E-state index contributed by atoms with van der Waals surface area (Å²) in [5.41, 5.74) is 2.03. The average Bonchev–Trinajstić information content (AvgIpc) is 2.53. The molecule has 2 aromatic rings. The van der Waals surface area contributed by atoms with Crippen molar-refractivity contribution in [2.45, 2.75) is 0 Å². The average molecular weight is 280 g/mol. The number of ether oxygens (including phenoxy) is 1. The fourth-order valence-electron chi connectivity index (χ4n) is 1.96. The summed E-state index contributed by atoms with van der Waals surface area (Å²) in [5, 5.41) is 19.8. The third kappa shape index (κ3) is 3.25. The van der Waals surface area contributed by atoms with Gasteiger partial charge in [0.15, 0.2) is 0 Å². The number of methoxy groups -OCH3 is 1. The Morgan fingerprint density at radius 2 is 1.95 bits per heavy atom. The van der Waals surface area contributed by atoms with E-state index in [-0.39, 0.29) is 5.69 Å². The summed E-state index contributed by atoms with van der Waals surface area (Å²) in [5.74, 6) is 0.703. The molecule has 0 saturated carbocycles. The highest BCUT2D eigenvalue weighted by Crippen LogP contribution is 2.27. The van der Waals surface area contributed by atoms with E-state index >= 15 is 0 Å². The van der Waals surface area contributed by atoms with E-state index in [0.29, 0.717) is 16.9 Å². The maximum absolute atomic E-state index is 10.9. The normalized spacial score (nSPS) is 10.8. The van der Waals surface area contributed by atoms with Gasteiger partial charge in [-0.2, -0.15) is 5.26 Å². The maximum Gasteiger partial charge on any atom is 0.270 e. The fraction of sp³-hybridized carbons (Fsp3) is 0.0625. The van der Waals surface area contributed by atoms with Gasteiger partial charge in [-0.3, -0.25) is 10.1 Å². The summed E-state index contributed by atoms with van der Waals surface area (Å²) < 4.78 is 5.09. The van der Waals surface area contributed by atoms with Crippen LogP contribution in [0.3, 0.4) is 0 Å². The molecule has 2 rings (SSSR count). The van der Waals surface area contributed by atoms with Gasteiger partial charge in [-0.15, -0.1) is 0 Å². The molecular weight excluding hydrogens is 268 g/mol. The Morgan fingerprint density at radius 3 is 2.52 bits per heavy atom. The highest BCUT2D eigenvalue weighted by atomic mass is 16.6. The minimum atomic E-state index is -0.457. The molecule has 0 radical (unpaired) electrons. The first kappa shape index (κ1) is 14.3. The van der Waals surface area contributed by atoms with Gasteiger partial charge in [-0.25, -0.2) is 0 Å². The van der Waals surface area contributed by atoms with E-state index in [9.17, 15) is 10.1 Å². The molecule has 21 heavy (non-hydrogen) atoms. The SMILES string of the molecule is COc1ccc(/C(=C\C#N)c2cccc([N+](=O)[O-])c2)cc1. The minimum absolute atomic E-state index is 0.00940. The highest BCUT2D eigenvalue weighted by molar-refractivity contribution is 5.82. The summed E-state index contributed by atoms with van der Waals surface area (Å²) in [6, 6.07) is 15.3. The van der Waals surface area contributed by atoms with Crippen molar-refractivity contribution in [3.05, 3.63) is 75.8 Å². The number of nitro groups is 1. The van der Waals surface area contributed by atoms with Crippen molar-refractivity contribution in [1.29, 1.82) is 5.26 Å². The first-order chi connectivity index (χ1) is 10.2. The number of nitrogens with zero attached hydrogens (tertiary/aromatic N) is 2. The monoisotopic (exact) mass is 280 g/mol. The van der Waals surface area contributed by atoms with Crippen molar-refractivity contribution in [3.63, 3.8) is 0 Å². The smallest absolute Gasteiger partial charge is 0.270 e. The van der Waals surface area contributed by atoms with Gasteiger partial charge in [0.1, 0.15) is 5.75 Å². The lowest BCUT2D eigenvalue weighted by molar-refractivity contribution is -0.384. The Labute approximate surface area is 121 Å². The molecular formula is C16H12N2O3. The zero-order chi connectivity index (χ0) is 15.2. The fourth-order valence-corrected chi connectivity index (χ4v) is 1.96. The largest absolute Gasteiger partial charge is 0.497 e. The zero-order valence-corrected chi connectivity index (χ0v) is 11.3. The van der Waals surface area contributed by atoms with Gasteiger partial charge in [0.25, 0.3) is 5.69 Å². The predicted molar refractivity (Wildman–Crippen MR) is 78.8 cm³/mol. The van der Waals surface area contributed by atoms with E-state index < -0.39 is 4.92 Å². The van der Waals surface area contributed by atoms with E-state index in [1.54, 1.807) is 43.5 Å². The quantitative estimate of drug-likeness (QED) is 0.487. The first-order valence-electron chi connectivity index (χ1n) is 6.14. The Balaban J connectivity index is 2.49. The number of nitro benzene ring substituents is 1. The molecule has 5 nitrogen and oxygen atoms in total. The van der Waals surface area contributed by atoms with E-state index in [1.807, 2.05) is 6.07 Å². The van der Waals surface area contributed by atoms with Crippen LogP contribution in [-0.4, -0.2) is 12.0 Å². The van der Waals surface area contributed by atoms with Crippen molar-refractivity contribution in [2.75, 3.05) is 7.11 Å². The van der Waals surface area contributed by atoms with Crippen LogP contribution in [0.4, 0.5) is 5.69 Å².